The molecule has 2 aliphatic rings. The first-order valence-electron chi connectivity index (χ1n) is 8.15. The van der Waals surface area contributed by atoms with Crippen molar-refractivity contribution in [2.24, 2.45) is 11.3 Å². The molecule has 6 nitrogen and oxygen atoms in total. The molecule has 2 amide bonds. The molecule has 2 fully saturated rings. The Balaban J connectivity index is 1.68. The van der Waals surface area contributed by atoms with Crippen LogP contribution in [-0.2, 0) is 14.4 Å². The number of hydrogen-bond acceptors (Lipinski definition) is 4. The number of benzene rings is 1. The van der Waals surface area contributed by atoms with Crippen LogP contribution in [0.2, 0.25) is 5.02 Å². The highest BCUT2D eigenvalue weighted by molar-refractivity contribution is 6.37. The van der Waals surface area contributed by atoms with Crippen LogP contribution in [0.1, 0.15) is 24.8 Å². The van der Waals surface area contributed by atoms with Gasteiger partial charge in [0, 0.05) is 29.2 Å². The Kier molecular flexibility index (Phi) is 4.56. The molecule has 25 heavy (non-hydrogen) atoms. The van der Waals surface area contributed by atoms with E-state index in [0.29, 0.717) is 22.0 Å². The molecule has 1 aromatic carbocycles. The first-order chi connectivity index (χ1) is 11.9. The van der Waals surface area contributed by atoms with E-state index in [2.05, 4.69) is 22.5 Å². The minimum absolute atomic E-state index is 0.00955. The summed E-state index contributed by atoms with van der Waals surface area (Å²) in [5.74, 6) is -1.18. The van der Waals surface area contributed by atoms with Crippen molar-refractivity contribution < 1.29 is 14.4 Å². The number of hydrogen-bond donors (Lipinski definition) is 3. The maximum atomic E-state index is 12.4. The number of ketones is 1. The van der Waals surface area contributed by atoms with Crippen LogP contribution in [0.4, 0.5) is 5.69 Å². The van der Waals surface area contributed by atoms with Crippen LogP contribution in [-0.4, -0.2) is 31.2 Å². The van der Waals surface area contributed by atoms with Gasteiger partial charge in [0.15, 0.2) is 0 Å². The molecule has 2 saturated carbocycles. The van der Waals surface area contributed by atoms with Gasteiger partial charge >= 0.3 is 0 Å². The predicted octanol–water partition coefficient (Wildman–Crippen LogP) is 1.95. The Hall–Kier alpha value is -2.34. The van der Waals surface area contributed by atoms with E-state index in [4.69, 9.17) is 11.6 Å². The summed E-state index contributed by atoms with van der Waals surface area (Å²) in [7, 11) is 1.39. The normalized spacial score (nSPS) is 19.0. The summed E-state index contributed by atoms with van der Waals surface area (Å²) in [6.07, 6.45) is 3.23. The van der Waals surface area contributed by atoms with Crippen LogP contribution >= 0.6 is 11.6 Å². The molecule has 0 saturated heterocycles. The second-order valence-electron chi connectivity index (χ2n) is 6.63. The van der Waals surface area contributed by atoms with Gasteiger partial charge in [0.2, 0.25) is 11.7 Å². The van der Waals surface area contributed by atoms with Gasteiger partial charge in [-0.3, -0.25) is 14.4 Å². The quantitative estimate of drug-likeness (QED) is 0.648. The van der Waals surface area contributed by atoms with Crippen molar-refractivity contribution in [1.82, 2.24) is 10.6 Å². The number of carbonyl (C=O) groups is 3. The molecule has 3 rings (SSSR count). The van der Waals surface area contributed by atoms with Crippen LogP contribution in [0, 0.1) is 11.3 Å². The minimum Gasteiger partial charge on any atom is -0.377 e. The molecule has 3 N–H and O–H groups in total. The highest BCUT2D eigenvalue weighted by atomic mass is 35.5. The third-order valence-corrected chi connectivity index (χ3v) is 5.14. The van der Waals surface area contributed by atoms with Crippen LogP contribution in [0.15, 0.2) is 24.8 Å². The topological polar surface area (TPSA) is 87.3 Å². The number of carbonyl (C=O) groups excluding carboxylic acids is 3. The van der Waals surface area contributed by atoms with Crippen LogP contribution in [0.3, 0.4) is 0 Å². The summed E-state index contributed by atoms with van der Waals surface area (Å²) in [6, 6.07) is 5.06. The van der Waals surface area contributed by atoms with Gasteiger partial charge < -0.3 is 16.0 Å². The molecule has 0 radical (unpaired) electrons. The van der Waals surface area contributed by atoms with E-state index in [-0.39, 0.29) is 23.8 Å². The molecular weight excluding hydrogens is 342 g/mol. The third kappa shape index (κ3) is 3.69. The van der Waals surface area contributed by atoms with Crippen LogP contribution < -0.4 is 16.0 Å². The number of amides is 2. The summed E-state index contributed by atoms with van der Waals surface area (Å²) in [6.45, 7) is 3.70. The fraction of sp³-hybridized carbons (Fsp3) is 0.389. The van der Waals surface area contributed by atoms with E-state index in [1.54, 1.807) is 18.2 Å². The second kappa shape index (κ2) is 6.52. The van der Waals surface area contributed by atoms with Gasteiger partial charge in [-0.25, -0.2) is 0 Å². The third-order valence-electron chi connectivity index (χ3n) is 4.91. The lowest BCUT2D eigenvalue weighted by Crippen LogP contribution is -2.34. The molecular formula is C18H20ClN3O3. The average Bonchev–Trinajstić information content (AvgIpc) is 3.52. The number of likely N-dealkylation sites (N-methyl/N-ethyl adjacent to an activating group) is 1. The molecule has 132 valence electrons. The summed E-state index contributed by atoms with van der Waals surface area (Å²) < 4.78 is 0. The van der Waals surface area contributed by atoms with Crippen LogP contribution in [0.25, 0.3) is 5.70 Å². The zero-order chi connectivity index (χ0) is 18.2. The first-order valence-corrected chi connectivity index (χ1v) is 8.52. The molecule has 1 unspecified atom stereocenters. The summed E-state index contributed by atoms with van der Waals surface area (Å²) in [4.78, 5) is 35.3. The fourth-order valence-electron chi connectivity index (χ4n) is 3.03. The van der Waals surface area contributed by atoms with Crippen molar-refractivity contribution in [2.75, 3.05) is 18.9 Å². The van der Waals surface area contributed by atoms with E-state index in [0.717, 1.165) is 19.3 Å². The van der Waals surface area contributed by atoms with Crippen molar-refractivity contribution in [1.29, 1.82) is 0 Å². The second-order valence-corrected chi connectivity index (χ2v) is 7.07. The fourth-order valence-corrected chi connectivity index (χ4v) is 3.20. The molecule has 1 atom stereocenters. The number of rotatable bonds is 7. The smallest absolute Gasteiger partial charge is 0.289 e. The average molecular weight is 362 g/mol. The number of anilines is 1. The number of nitrogens with one attached hydrogen (secondary N) is 3. The van der Waals surface area contributed by atoms with Crippen molar-refractivity contribution in [3.63, 3.8) is 0 Å². The largest absolute Gasteiger partial charge is 0.377 e. The van der Waals surface area contributed by atoms with Gasteiger partial charge in [-0.2, -0.15) is 0 Å². The maximum Gasteiger partial charge on any atom is 0.289 e. The SMILES string of the molecule is C=C(NCC(=O)C(=O)NC)c1cc(Cl)ccc1NC(=O)C1CC12CC2. The van der Waals surface area contributed by atoms with E-state index in [1.807, 2.05) is 0 Å². The first kappa shape index (κ1) is 17.5. The molecule has 0 heterocycles. The van der Waals surface area contributed by atoms with Gasteiger partial charge in [0.1, 0.15) is 0 Å². The van der Waals surface area contributed by atoms with Crippen molar-refractivity contribution in [2.45, 2.75) is 19.3 Å². The Morgan fingerprint density at radius 3 is 2.64 bits per heavy atom. The number of halogens is 1. The van der Waals surface area contributed by atoms with E-state index >= 15 is 0 Å². The Bertz CT molecular complexity index is 771. The lowest BCUT2D eigenvalue weighted by molar-refractivity contribution is -0.136. The zero-order valence-electron chi connectivity index (χ0n) is 13.9. The molecule has 0 aromatic heterocycles. The Labute approximate surface area is 151 Å². The Morgan fingerprint density at radius 2 is 2.04 bits per heavy atom. The lowest BCUT2D eigenvalue weighted by atomic mass is 10.1. The summed E-state index contributed by atoms with van der Waals surface area (Å²) in [5.41, 5.74) is 1.86. The lowest BCUT2D eigenvalue weighted by Gasteiger charge is -2.15. The molecule has 0 aliphatic heterocycles. The van der Waals surface area contributed by atoms with E-state index in [9.17, 15) is 14.4 Å². The van der Waals surface area contributed by atoms with Gasteiger partial charge in [0.05, 0.1) is 12.2 Å². The van der Waals surface area contributed by atoms with Crippen molar-refractivity contribution in [3.8, 4) is 0 Å². The molecule has 0 bridgehead atoms. The van der Waals surface area contributed by atoms with E-state index < -0.39 is 11.7 Å². The highest BCUT2D eigenvalue weighted by Gasteiger charge is 2.65. The van der Waals surface area contributed by atoms with Gasteiger partial charge in [-0.15, -0.1) is 0 Å². The number of Topliss-reactive ketones (excluding diaryl/α,β-unsaturated/α-hetero) is 1. The Morgan fingerprint density at radius 1 is 1.32 bits per heavy atom. The van der Waals surface area contributed by atoms with E-state index in [1.165, 1.54) is 7.05 Å². The van der Waals surface area contributed by atoms with Gasteiger partial charge in [-0.05, 0) is 42.9 Å². The summed E-state index contributed by atoms with van der Waals surface area (Å²) in [5, 5.41) is 8.51. The monoisotopic (exact) mass is 361 g/mol. The standard InChI is InChI=1S/C18H20ClN3O3/c1-10(21-9-15(23)17(25)20-2)12-7-11(19)3-4-14(12)22-16(24)13-8-18(13)5-6-18/h3-4,7,13,21H,1,5-6,8-9H2,2H3,(H,20,25)(H,22,24). The zero-order valence-corrected chi connectivity index (χ0v) is 14.7. The highest BCUT2D eigenvalue weighted by Crippen LogP contribution is 2.70. The summed E-state index contributed by atoms with van der Waals surface area (Å²) >= 11 is 6.05. The van der Waals surface area contributed by atoms with Crippen molar-refractivity contribution in [3.05, 3.63) is 35.4 Å². The predicted molar refractivity (Wildman–Crippen MR) is 96.0 cm³/mol. The maximum absolute atomic E-state index is 12.4. The molecule has 1 spiro atoms. The van der Waals surface area contributed by atoms with Crippen molar-refractivity contribution >= 4 is 40.6 Å². The minimum atomic E-state index is -0.677. The molecule has 2 aliphatic carbocycles. The molecule has 1 aromatic rings. The van der Waals surface area contributed by atoms with Crippen LogP contribution in [0.5, 0.6) is 0 Å². The molecule has 7 heteroatoms. The van der Waals surface area contributed by atoms with Gasteiger partial charge in [0.25, 0.3) is 5.91 Å². The van der Waals surface area contributed by atoms with Gasteiger partial charge in [-0.1, -0.05) is 18.2 Å².